The van der Waals surface area contributed by atoms with Gasteiger partial charge in [0.25, 0.3) is 0 Å². The van der Waals surface area contributed by atoms with E-state index in [9.17, 15) is 9.59 Å². The van der Waals surface area contributed by atoms with Crippen LogP contribution in [0.25, 0.3) is 11.1 Å². The van der Waals surface area contributed by atoms with E-state index in [0.717, 1.165) is 5.56 Å². The van der Waals surface area contributed by atoms with Crippen LogP contribution in [-0.4, -0.2) is 31.2 Å². The van der Waals surface area contributed by atoms with Crippen molar-refractivity contribution in [3.63, 3.8) is 0 Å². The van der Waals surface area contributed by atoms with Gasteiger partial charge >= 0.3 is 5.76 Å². The molecule has 1 aromatic heterocycles. The van der Waals surface area contributed by atoms with Gasteiger partial charge in [0.15, 0.2) is 5.58 Å². The number of fused-ring (bicyclic) bond motifs is 1. The summed E-state index contributed by atoms with van der Waals surface area (Å²) in [6.07, 6.45) is 1.01. The van der Waals surface area contributed by atoms with Gasteiger partial charge in [0.2, 0.25) is 5.91 Å². The minimum atomic E-state index is -0.468. The molecule has 0 spiro atoms. The number of aromatic amines is 1. The van der Waals surface area contributed by atoms with Crippen LogP contribution in [0, 0.1) is 0 Å². The van der Waals surface area contributed by atoms with Gasteiger partial charge in [0.05, 0.1) is 12.1 Å². The van der Waals surface area contributed by atoms with Gasteiger partial charge in [-0.1, -0.05) is 6.07 Å². The molecular formula is C13H16N2O4. The van der Waals surface area contributed by atoms with E-state index in [0.29, 0.717) is 37.1 Å². The molecule has 1 aromatic carbocycles. The molecule has 0 bridgehead atoms. The minimum absolute atomic E-state index is 0.0159. The SMILES string of the molecule is COCCNC(=O)CCc1ccc2oc(=O)[nH]c2c1. The van der Waals surface area contributed by atoms with Crippen molar-refractivity contribution < 1.29 is 13.9 Å². The molecule has 1 heterocycles. The molecular weight excluding hydrogens is 248 g/mol. The fourth-order valence-corrected chi connectivity index (χ4v) is 1.79. The lowest BCUT2D eigenvalue weighted by Crippen LogP contribution is -2.27. The van der Waals surface area contributed by atoms with Crippen LogP contribution in [-0.2, 0) is 16.0 Å². The number of ether oxygens (including phenoxy) is 1. The number of carbonyl (C=O) groups excluding carboxylic acids is 1. The van der Waals surface area contributed by atoms with Gasteiger partial charge < -0.3 is 14.5 Å². The molecule has 0 fully saturated rings. The average molecular weight is 264 g/mol. The van der Waals surface area contributed by atoms with Gasteiger partial charge in [-0.2, -0.15) is 0 Å². The van der Waals surface area contributed by atoms with Gasteiger partial charge in [0, 0.05) is 20.1 Å². The normalized spacial score (nSPS) is 10.8. The monoisotopic (exact) mass is 264 g/mol. The molecule has 102 valence electrons. The van der Waals surface area contributed by atoms with Crippen LogP contribution < -0.4 is 11.1 Å². The zero-order valence-corrected chi connectivity index (χ0v) is 10.7. The van der Waals surface area contributed by atoms with Crippen molar-refractivity contribution in [1.82, 2.24) is 10.3 Å². The van der Waals surface area contributed by atoms with Gasteiger partial charge in [-0.3, -0.25) is 9.78 Å². The fourth-order valence-electron chi connectivity index (χ4n) is 1.79. The van der Waals surface area contributed by atoms with Crippen LogP contribution in [0.1, 0.15) is 12.0 Å². The Morgan fingerprint density at radius 1 is 1.47 bits per heavy atom. The summed E-state index contributed by atoms with van der Waals surface area (Å²) in [5.74, 6) is -0.484. The van der Waals surface area contributed by atoms with Crippen LogP contribution in [0.15, 0.2) is 27.4 Å². The van der Waals surface area contributed by atoms with E-state index in [-0.39, 0.29) is 5.91 Å². The summed E-state index contributed by atoms with van der Waals surface area (Å²) >= 11 is 0. The summed E-state index contributed by atoms with van der Waals surface area (Å²) in [7, 11) is 1.59. The number of hydrogen-bond donors (Lipinski definition) is 2. The zero-order chi connectivity index (χ0) is 13.7. The van der Waals surface area contributed by atoms with Crippen LogP contribution >= 0.6 is 0 Å². The molecule has 2 rings (SSSR count). The summed E-state index contributed by atoms with van der Waals surface area (Å²) in [5, 5.41) is 2.75. The second-order valence-electron chi connectivity index (χ2n) is 4.19. The van der Waals surface area contributed by atoms with Crippen molar-refractivity contribution in [3.8, 4) is 0 Å². The van der Waals surface area contributed by atoms with E-state index < -0.39 is 5.76 Å². The van der Waals surface area contributed by atoms with Gasteiger partial charge in [-0.25, -0.2) is 4.79 Å². The molecule has 0 saturated carbocycles. The van der Waals surface area contributed by atoms with E-state index in [1.165, 1.54) is 0 Å². The highest BCUT2D eigenvalue weighted by atomic mass is 16.5. The first kappa shape index (κ1) is 13.4. The van der Waals surface area contributed by atoms with Gasteiger partial charge in [0.1, 0.15) is 0 Å². The van der Waals surface area contributed by atoms with E-state index >= 15 is 0 Å². The molecule has 0 radical (unpaired) electrons. The van der Waals surface area contributed by atoms with Crippen molar-refractivity contribution in [3.05, 3.63) is 34.3 Å². The highest BCUT2D eigenvalue weighted by Crippen LogP contribution is 2.13. The third-order valence-corrected chi connectivity index (χ3v) is 2.75. The number of rotatable bonds is 6. The maximum Gasteiger partial charge on any atom is 0.417 e. The predicted molar refractivity (Wildman–Crippen MR) is 70.0 cm³/mol. The smallest absolute Gasteiger partial charge is 0.408 e. The van der Waals surface area contributed by atoms with Crippen molar-refractivity contribution in [2.45, 2.75) is 12.8 Å². The molecule has 0 unspecified atom stereocenters. The second kappa shape index (κ2) is 6.19. The maximum absolute atomic E-state index is 11.5. The first-order chi connectivity index (χ1) is 9.19. The molecule has 1 amide bonds. The van der Waals surface area contributed by atoms with Crippen LogP contribution in [0.2, 0.25) is 0 Å². The maximum atomic E-state index is 11.5. The number of oxazole rings is 1. The first-order valence-electron chi connectivity index (χ1n) is 6.06. The molecule has 0 saturated heterocycles. The highest BCUT2D eigenvalue weighted by molar-refractivity contribution is 5.77. The summed E-state index contributed by atoms with van der Waals surface area (Å²) in [5.41, 5.74) is 2.16. The Hall–Kier alpha value is -2.08. The summed E-state index contributed by atoms with van der Waals surface area (Å²) in [4.78, 5) is 25.1. The molecule has 19 heavy (non-hydrogen) atoms. The molecule has 0 aliphatic heterocycles. The molecule has 0 aliphatic carbocycles. The van der Waals surface area contributed by atoms with E-state index in [4.69, 9.17) is 9.15 Å². The number of carbonyl (C=O) groups is 1. The Kier molecular flexibility index (Phi) is 4.35. The fraction of sp³-hybridized carbons (Fsp3) is 0.385. The van der Waals surface area contributed by atoms with Crippen molar-refractivity contribution in [2.75, 3.05) is 20.3 Å². The lowest BCUT2D eigenvalue weighted by Gasteiger charge is -2.04. The van der Waals surface area contributed by atoms with Gasteiger partial charge in [-0.15, -0.1) is 0 Å². The molecule has 0 aliphatic rings. The minimum Gasteiger partial charge on any atom is -0.408 e. The van der Waals surface area contributed by atoms with Crippen molar-refractivity contribution in [2.24, 2.45) is 0 Å². The van der Waals surface area contributed by atoms with Crippen LogP contribution in [0.5, 0.6) is 0 Å². The molecule has 0 atom stereocenters. The average Bonchev–Trinajstić information content (AvgIpc) is 2.76. The first-order valence-corrected chi connectivity index (χ1v) is 6.06. The Bertz CT molecular complexity index is 614. The van der Waals surface area contributed by atoms with Crippen molar-refractivity contribution in [1.29, 1.82) is 0 Å². The highest BCUT2D eigenvalue weighted by Gasteiger charge is 2.05. The number of aryl methyl sites for hydroxylation is 1. The quantitative estimate of drug-likeness (QED) is 0.756. The largest absolute Gasteiger partial charge is 0.417 e. The number of nitrogens with one attached hydrogen (secondary N) is 2. The molecule has 6 nitrogen and oxygen atoms in total. The number of H-pyrrole nitrogens is 1. The molecule has 2 N–H and O–H groups in total. The second-order valence-corrected chi connectivity index (χ2v) is 4.19. The Morgan fingerprint density at radius 3 is 3.11 bits per heavy atom. The number of methoxy groups -OCH3 is 1. The molecule has 2 aromatic rings. The Balaban J connectivity index is 1.90. The van der Waals surface area contributed by atoms with E-state index in [1.807, 2.05) is 12.1 Å². The number of benzene rings is 1. The lowest BCUT2D eigenvalue weighted by molar-refractivity contribution is -0.121. The summed E-state index contributed by atoms with van der Waals surface area (Å²) in [6, 6.07) is 5.40. The molecule has 6 heteroatoms. The topological polar surface area (TPSA) is 84.3 Å². The van der Waals surface area contributed by atoms with Gasteiger partial charge in [-0.05, 0) is 24.1 Å². The Labute approximate surface area is 109 Å². The zero-order valence-electron chi connectivity index (χ0n) is 10.7. The third kappa shape index (κ3) is 3.69. The third-order valence-electron chi connectivity index (χ3n) is 2.75. The standard InChI is InChI=1S/C13H16N2O4/c1-18-7-6-14-12(16)5-3-9-2-4-11-10(8-9)15-13(17)19-11/h2,4,8H,3,5-7H2,1H3,(H,14,16)(H,15,17). The van der Waals surface area contributed by atoms with Crippen molar-refractivity contribution >= 4 is 17.0 Å². The number of hydrogen-bond acceptors (Lipinski definition) is 4. The predicted octanol–water partition coefficient (Wildman–Crippen LogP) is 0.816. The van der Waals surface area contributed by atoms with E-state index in [1.54, 1.807) is 13.2 Å². The number of amides is 1. The summed E-state index contributed by atoms with van der Waals surface area (Å²) in [6.45, 7) is 1.03. The summed E-state index contributed by atoms with van der Waals surface area (Å²) < 4.78 is 9.76. The number of aromatic nitrogens is 1. The van der Waals surface area contributed by atoms with E-state index in [2.05, 4.69) is 10.3 Å². The Morgan fingerprint density at radius 2 is 2.32 bits per heavy atom. The lowest BCUT2D eigenvalue weighted by atomic mass is 10.1. The van der Waals surface area contributed by atoms with Crippen LogP contribution in [0.4, 0.5) is 0 Å². The van der Waals surface area contributed by atoms with Crippen LogP contribution in [0.3, 0.4) is 0 Å².